The number of carbonyl (C=O) groups excluding carboxylic acids is 1. The molecule has 2 aromatic rings. The lowest BCUT2D eigenvalue weighted by molar-refractivity contribution is 0.102. The first-order chi connectivity index (χ1) is 10.1. The Morgan fingerprint density at radius 3 is 2.90 bits per heavy atom. The van der Waals surface area contributed by atoms with Gasteiger partial charge < -0.3 is 15.7 Å². The van der Waals surface area contributed by atoms with E-state index in [-0.39, 0.29) is 17.2 Å². The number of amides is 1. The van der Waals surface area contributed by atoms with E-state index in [0.717, 1.165) is 36.3 Å². The first kappa shape index (κ1) is 13.5. The maximum Gasteiger partial charge on any atom is 0.259 e. The monoisotopic (exact) mass is 282 g/mol. The van der Waals surface area contributed by atoms with Gasteiger partial charge in [-0.05, 0) is 61.2 Å². The molecular weight excluding hydrogens is 264 g/mol. The average Bonchev–Trinajstić information content (AvgIpc) is 2.47. The van der Waals surface area contributed by atoms with Crippen LogP contribution in [0.3, 0.4) is 0 Å². The Morgan fingerprint density at radius 1 is 1.24 bits per heavy atom. The third kappa shape index (κ3) is 2.84. The van der Waals surface area contributed by atoms with Gasteiger partial charge in [0.15, 0.2) is 0 Å². The molecule has 0 unspecified atom stereocenters. The highest BCUT2D eigenvalue weighted by Crippen LogP contribution is 2.26. The van der Waals surface area contributed by atoms with Crippen LogP contribution in [-0.4, -0.2) is 17.6 Å². The molecule has 108 valence electrons. The summed E-state index contributed by atoms with van der Waals surface area (Å²) in [5.74, 6) is -0.289. The van der Waals surface area contributed by atoms with E-state index in [2.05, 4.69) is 10.6 Å². The number of benzene rings is 2. The zero-order valence-corrected chi connectivity index (χ0v) is 11.9. The molecule has 1 heterocycles. The van der Waals surface area contributed by atoms with Crippen LogP contribution in [0.5, 0.6) is 5.75 Å². The van der Waals surface area contributed by atoms with Crippen LogP contribution in [0.15, 0.2) is 36.4 Å². The number of aromatic hydroxyl groups is 1. The first-order valence-electron chi connectivity index (χ1n) is 7.11. The van der Waals surface area contributed by atoms with Crippen molar-refractivity contribution in [2.45, 2.75) is 19.8 Å². The topological polar surface area (TPSA) is 61.4 Å². The van der Waals surface area contributed by atoms with Crippen molar-refractivity contribution in [2.75, 3.05) is 17.2 Å². The Balaban J connectivity index is 1.81. The molecule has 21 heavy (non-hydrogen) atoms. The van der Waals surface area contributed by atoms with Crippen LogP contribution in [0.4, 0.5) is 11.4 Å². The highest BCUT2D eigenvalue weighted by atomic mass is 16.3. The van der Waals surface area contributed by atoms with E-state index >= 15 is 0 Å². The number of aryl methyl sites for hydroxylation is 2. The van der Waals surface area contributed by atoms with Crippen LogP contribution < -0.4 is 10.6 Å². The average molecular weight is 282 g/mol. The summed E-state index contributed by atoms with van der Waals surface area (Å²) in [5.41, 5.74) is 4.31. The van der Waals surface area contributed by atoms with Gasteiger partial charge in [-0.25, -0.2) is 0 Å². The molecule has 2 aromatic carbocycles. The SMILES string of the molecule is Cc1ccc(C(=O)Nc2ccc3c(c2)CCCN3)c(O)c1. The van der Waals surface area contributed by atoms with Crippen LogP contribution in [-0.2, 0) is 6.42 Å². The van der Waals surface area contributed by atoms with E-state index in [1.807, 2.05) is 31.2 Å². The van der Waals surface area contributed by atoms with Crippen molar-refractivity contribution in [3.8, 4) is 5.75 Å². The third-order valence-electron chi connectivity index (χ3n) is 3.70. The predicted molar refractivity (Wildman–Crippen MR) is 84.0 cm³/mol. The van der Waals surface area contributed by atoms with Gasteiger partial charge >= 0.3 is 0 Å². The number of rotatable bonds is 2. The van der Waals surface area contributed by atoms with Gasteiger partial charge in [0.25, 0.3) is 5.91 Å². The van der Waals surface area contributed by atoms with Gasteiger partial charge in [0, 0.05) is 17.9 Å². The molecular formula is C17H18N2O2. The number of hydrogen-bond acceptors (Lipinski definition) is 3. The Kier molecular flexibility index (Phi) is 3.52. The molecule has 0 saturated carbocycles. The summed E-state index contributed by atoms with van der Waals surface area (Å²) in [6.45, 7) is 2.87. The predicted octanol–water partition coefficient (Wildman–Crippen LogP) is 3.31. The third-order valence-corrected chi connectivity index (χ3v) is 3.70. The summed E-state index contributed by atoms with van der Waals surface area (Å²) in [5, 5.41) is 16.0. The normalized spacial score (nSPS) is 13.2. The van der Waals surface area contributed by atoms with Gasteiger partial charge in [-0.3, -0.25) is 4.79 Å². The Morgan fingerprint density at radius 2 is 2.10 bits per heavy atom. The van der Waals surface area contributed by atoms with Crippen molar-refractivity contribution in [3.05, 3.63) is 53.1 Å². The lowest BCUT2D eigenvalue weighted by atomic mass is 10.0. The number of phenolic OH excluding ortho intramolecular Hbond substituents is 1. The van der Waals surface area contributed by atoms with Crippen molar-refractivity contribution in [2.24, 2.45) is 0 Å². The Hall–Kier alpha value is -2.49. The van der Waals surface area contributed by atoms with Crippen LogP contribution in [0.1, 0.15) is 27.9 Å². The van der Waals surface area contributed by atoms with E-state index < -0.39 is 0 Å². The molecule has 4 nitrogen and oxygen atoms in total. The fourth-order valence-corrected chi connectivity index (χ4v) is 2.58. The minimum Gasteiger partial charge on any atom is -0.507 e. The molecule has 1 aliphatic heterocycles. The fourth-order valence-electron chi connectivity index (χ4n) is 2.58. The second-order valence-electron chi connectivity index (χ2n) is 5.38. The summed E-state index contributed by atoms with van der Waals surface area (Å²) in [4.78, 5) is 12.2. The molecule has 1 amide bonds. The second-order valence-corrected chi connectivity index (χ2v) is 5.38. The van der Waals surface area contributed by atoms with Crippen LogP contribution in [0, 0.1) is 6.92 Å². The standard InChI is InChI=1S/C17H18N2O2/c1-11-4-6-14(16(20)9-11)17(21)19-13-5-7-15-12(10-13)3-2-8-18-15/h4-7,9-10,18,20H,2-3,8H2,1H3,(H,19,21). The molecule has 0 bridgehead atoms. The number of hydrogen-bond donors (Lipinski definition) is 3. The zero-order chi connectivity index (χ0) is 14.8. The van der Waals surface area contributed by atoms with Crippen molar-refractivity contribution in [1.82, 2.24) is 0 Å². The van der Waals surface area contributed by atoms with Crippen LogP contribution in [0.25, 0.3) is 0 Å². The number of anilines is 2. The van der Waals surface area contributed by atoms with Gasteiger partial charge in [0.1, 0.15) is 5.75 Å². The minimum absolute atomic E-state index is 0.00660. The maximum atomic E-state index is 12.2. The molecule has 3 rings (SSSR count). The van der Waals surface area contributed by atoms with Gasteiger partial charge in [0.2, 0.25) is 0 Å². The molecule has 0 spiro atoms. The number of nitrogens with one attached hydrogen (secondary N) is 2. The van der Waals surface area contributed by atoms with E-state index in [9.17, 15) is 9.90 Å². The molecule has 0 aliphatic carbocycles. The summed E-state index contributed by atoms with van der Waals surface area (Å²) in [6.07, 6.45) is 2.12. The van der Waals surface area contributed by atoms with Crippen molar-refractivity contribution in [3.63, 3.8) is 0 Å². The van der Waals surface area contributed by atoms with E-state index in [0.29, 0.717) is 0 Å². The number of fused-ring (bicyclic) bond motifs is 1. The maximum absolute atomic E-state index is 12.2. The summed E-state index contributed by atoms with van der Waals surface area (Å²) < 4.78 is 0. The van der Waals surface area contributed by atoms with E-state index in [1.54, 1.807) is 12.1 Å². The number of phenols is 1. The Labute approximate surface area is 123 Å². The van der Waals surface area contributed by atoms with Gasteiger partial charge in [-0.2, -0.15) is 0 Å². The summed E-state index contributed by atoms with van der Waals surface area (Å²) >= 11 is 0. The lowest BCUT2D eigenvalue weighted by Crippen LogP contribution is -2.14. The quantitative estimate of drug-likeness (QED) is 0.792. The molecule has 0 saturated heterocycles. The largest absolute Gasteiger partial charge is 0.507 e. The van der Waals surface area contributed by atoms with Gasteiger partial charge in [0.05, 0.1) is 5.56 Å². The Bertz CT molecular complexity index is 695. The first-order valence-corrected chi connectivity index (χ1v) is 7.11. The van der Waals surface area contributed by atoms with Crippen LogP contribution >= 0.6 is 0 Å². The van der Waals surface area contributed by atoms with Crippen molar-refractivity contribution >= 4 is 17.3 Å². The van der Waals surface area contributed by atoms with E-state index in [4.69, 9.17) is 0 Å². The highest BCUT2D eigenvalue weighted by Gasteiger charge is 2.13. The second kappa shape index (κ2) is 5.48. The molecule has 1 aliphatic rings. The van der Waals surface area contributed by atoms with Gasteiger partial charge in [-0.1, -0.05) is 6.07 Å². The minimum atomic E-state index is -0.295. The summed E-state index contributed by atoms with van der Waals surface area (Å²) in [6, 6.07) is 10.9. The van der Waals surface area contributed by atoms with E-state index in [1.165, 1.54) is 5.56 Å². The molecule has 3 N–H and O–H groups in total. The van der Waals surface area contributed by atoms with Crippen LogP contribution in [0.2, 0.25) is 0 Å². The molecule has 0 atom stereocenters. The number of carbonyl (C=O) groups is 1. The molecule has 0 fully saturated rings. The molecule has 0 aromatic heterocycles. The smallest absolute Gasteiger partial charge is 0.259 e. The zero-order valence-electron chi connectivity index (χ0n) is 11.9. The van der Waals surface area contributed by atoms with Crippen molar-refractivity contribution < 1.29 is 9.90 Å². The molecule has 0 radical (unpaired) electrons. The molecule has 4 heteroatoms. The van der Waals surface area contributed by atoms with Gasteiger partial charge in [-0.15, -0.1) is 0 Å². The highest BCUT2D eigenvalue weighted by molar-refractivity contribution is 6.06. The lowest BCUT2D eigenvalue weighted by Gasteiger charge is -2.19. The summed E-state index contributed by atoms with van der Waals surface area (Å²) in [7, 11) is 0. The van der Waals surface area contributed by atoms with Crippen molar-refractivity contribution in [1.29, 1.82) is 0 Å². The fraction of sp³-hybridized carbons (Fsp3) is 0.235.